The van der Waals surface area contributed by atoms with Crippen LogP contribution < -0.4 is 0 Å². The van der Waals surface area contributed by atoms with Crippen LogP contribution in [0.1, 0.15) is 51.7 Å². The zero-order valence-corrected chi connectivity index (χ0v) is 14.4. The summed E-state index contributed by atoms with van der Waals surface area (Å²) in [6.07, 6.45) is 14.7. The molecule has 0 spiro atoms. The molecule has 1 atom stereocenters. The SMILES string of the molecule is CC=CCC1CC(C)=C(C)C=C1Cc1ccccc1/C=C\C. The molecule has 1 aliphatic rings. The highest BCUT2D eigenvalue weighted by atomic mass is 14.2. The van der Waals surface area contributed by atoms with Gasteiger partial charge in [0.2, 0.25) is 0 Å². The van der Waals surface area contributed by atoms with Crippen LogP contribution in [0.3, 0.4) is 0 Å². The molecule has 0 amide bonds. The van der Waals surface area contributed by atoms with Crippen molar-refractivity contribution in [1.29, 1.82) is 0 Å². The first-order valence-corrected chi connectivity index (χ1v) is 8.34. The van der Waals surface area contributed by atoms with Gasteiger partial charge in [0, 0.05) is 0 Å². The van der Waals surface area contributed by atoms with Gasteiger partial charge in [0.05, 0.1) is 0 Å². The topological polar surface area (TPSA) is 0 Å². The molecule has 0 fully saturated rings. The van der Waals surface area contributed by atoms with Crippen molar-refractivity contribution in [2.24, 2.45) is 5.92 Å². The molecule has 2 rings (SSSR count). The van der Waals surface area contributed by atoms with Gasteiger partial charge in [0.1, 0.15) is 0 Å². The van der Waals surface area contributed by atoms with Gasteiger partial charge in [0.25, 0.3) is 0 Å². The minimum Gasteiger partial charge on any atom is -0.0916 e. The number of benzene rings is 1. The predicted molar refractivity (Wildman–Crippen MR) is 98.8 cm³/mol. The summed E-state index contributed by atoms with van der Waals surface area (Å²) in [6.45, 7) is 8.72. The summed E-state index contributed by atoms with van der Waals surface area (Å²) in [5.41, 5.74) is 7.36. The lowest BCUT2D eigenvalue weighted by Crippen LogP contribution is -2.12. The minimum atomic E-state index is 0.651. The smallest absolute Gasteiger partial charge is 0.00549 e. The summed E-state index contributed by atoms with van der Waals surface area (Å²) in [4.78, 5) is 0. The largest absolute Gasteiger partial charge is 0.0916 e. The van der Waals surface area contributed by atoms with E-state index in [1.54, 1.807) is 11.1 Å². The summed E-state index contributed by atoms with van der Waals surface area (Å²) in [6, 6.07) is 8.76. The molecule has 1 aliphatic carbocycles. The Balaban J connectivity index is 2.30. The molecule has 0 N–H and O–H groups in total. The molecule has 22 heavy (non-hydrogen) atoms. The van der Waals surface area contributed by atoms with E-state index < -0.39 is 0 Å². The molecule has 0 saturated carbocycles. The van der Waals surface area contributed by atoms with Gasteiger partial charge in [-0.25, -0.2) is 0 Å². The molecular weight excluding hydrogens is 264 g/mol. The Hall–Kier alpha value is -1.82. The van der Waals surface area contributed by atoms with Crippen molar-refractivity contribution in [3.8, 4) is 0 Å². The fourth-order valence-electron chi connectivity index (χ4n) is 3.17. The van der Waals surface area contributed by atoms with Gasteiger partial charge in [-0.2, -0.15) is 0 Å². The van der Waals surface area contributed by atoms with Gasteiger partial charge in [-0.05, 0) is 64.0 Å². The van der Waals surface area contributed by atoms with Crippen molar-refractivity contribution < 1.29 is 0 Å². The van der Waals surface area contributed by atoms with Crippen LogP contribution in [0, 0.1) is 5.92 Å². The predicted octanol–water partition coefficient (Wildman–Crippen LogP) is 6.51. The Kier molecular flexibility index (Phi) is 6.00. The molecule has 0 aliphatic heterocycles. The molecule has 1 unspecified atom stereocenters. The second-order valence-corrected chi connectivity index (χ2v) is 6.26. The normalized spacial score (nSPS) is 19.3. The summed E-state index contributed by atoms with van der Waals surface area (Å²) >= 11 is 0. The summed E-state index contributed by atoms with van der Waals surface area (Å²) < 4.78 is 0. The van der Waals surface area contributed by atoms with E-state index in [9.17, 15) is 0 Å². The van der Waals surface area contributed by atoms with Crippen LogP contribution in [0.4, 0.5) is 0 Å². The highest BCUT2D eigenvalue weighted by Crippen LogP contribution is 2.34. The average Bonchev–Trinajstić information content (AvgIpc) is 2.51. The van der Waals surface area contributed by atoms with E-state index in [1.807, 2.05) is 0 Å². The second-order valence-electron chi connectivity index (χ2n) is 6.26. The average molecular weight is 292 g/mol. The second kappa shape index (κ2) is 7.98. The molecule has 0 heterocycles. The molecule has 116 valence electrons. The van der Waals surface area contributed by atoms with E-state index in [0.29, 0.717) is 5.92 Å². The van der Waals surface area contributed by atoms with Crippen molar-refractivity contribution in [3.05, 3.63) is 76.4 Å². The minimum absolute atomic E-state index is 0.651. The van der Waals surface area contributed by atoms with Crippen molar-refractivity contribution in [2.75, 3.05) is 0 Å². The highest BCUT2D eigenvalue weighted by Gasteiger charge is 2.19. The zero-order chi connectivity index (χ0) is 15.9. The van der Waals surface area contributed by atoms with Gasteiger partial charge in [-0.15, -0.1) is 0 Å². The molecule has 1 aromatic rings. The maximum absolute atomic E-state index is 2.43. The van der Waals surface area contributed by atoms with Crippen LogP contribution in [-0.4, -0.2) is 0 Å². The first-order valence-electron chi connectivity index (χ1n) is 8.34. The van der Waals surface area contributed by atoms with Crippen LogP contribution in [-0.2, 0) is 6.42 Å². The van der Waals surface area contributed by atoms with Gasteiger partial charge in [-0.3, -0.25) is 0 Å². The molecular formula is C22H28. The number of rotatable bonds is 5. The quantitative estimate of drug-likeness (QED) is 0.542. The first-order chi connectivity index (χ1) is 10.7. The van der Waals surface area contributed by atoms with Gasteiger partial charge >= 0.3 is 0 Å². The fourth-order valence-corrected chi connectivity index (χ4v) is 3.17. The van der Waals surface area contributed by atoms with Gasteiger partial charge in [0.15, 0.2) is 0 Å². The Labute approximate surface area is 136 Å². The van der Waals surface area contributed by atoms with Crippen molar-refractivity contribution >= 4 is 6.08 Å². The number of hydrogen-bond acceptors (Lipinski definition) is 0. The lowest BCUT2D eigenvalue weighted by atomic mass is 9.79. The van der Waals surface area contributed by atoms with Crippen LogP contribution in [0.2, 0.25) is 0 Å². The highest BCUT2D eigenvalue weighted by molar-refractivity contribution is 5.54. The van der Waals surface area contributed by atoms with Crippen LogP contribution >= 0.6 is 0 Å². The van der Waals surface area contributed by atoms with E-state index in [4.69, 9.17) is 0 Å². The van der Waals surface area contributed by atoms with Crippen LogP contribution in [0.5, 0.6) is 0 Å². The number of hydrogen-bond donors (Lipinski definition) is 0. The van der Waals surface area contributed by atoms with E-state index in [-0.39, 0.29) is 0 Å². The molecule has 0 aromatic heterocycles. The maximum atomic E-state index is 2.43. The maximum Gasteiger partial charge on any atom is -0.00549 e. The third kappa shape index (κ3) is 4.10. The van der Waals surface area contributed by atoms with Crippen LogP contribution in [0.25, 0.3) is 6.08 Å². The third-order valence-corrected chi connectivity index (χ3v) is 4.60. The van der Waals surface area contributed by atoms with Crippen LogP contribution in [0.15, 0.2) is 65.3 Å². The molecule has 0 saturated heterocycles. The lowest BCUT2D eigenvalue weighted by Gasteiger charge is -2.26. The number of allylic oxidation sites excluding steroid dienone is 7. The Bertz CT molecular complexity index is 623. The molecule has 0 bridgehead atoms. The Morgan fingerprint density at radius 3 is 2.59 bits per heavy atom. The zero-order valence-electron chi connectivity index (χ0n) is 14.4. The van der Waals surface area contributed by atoms with E-state index in [0.717, 1.165) is 12.8 Å². The monoisotopic (exact) mass is 292 g/mol. The van der Waals surface area contributed by atoms with Gasteiger partial charge < -0.3 is 0 Å². The summed E-state index contributed by atoms with van der Waals surface area (Å²) in [5, 5.41) is 0. The van der Waals surface area contributed by atoms with Crippen molar-refractivity contribution in [2.45, 2.75) is 47.0 Å². The van der Waals surface area contributed by atoms with Crippen molar-refractivity contribution in [3.63, 3.8) is 0 Å². The summed E-state index contributed by atoms with van der Waals surface area (Å²) in [5.74, 6) is 0.651. The van der Waals surface area contributed by atoms with E-state index in [2.05, 4.69) is 82.3 Å². The Morgan fingerprint density at radius 1 is 1.09 bits per heavy atom. The molecule has 0 nitrogen and oxygen atoms in total. The van der Waals surface area contributed by atoms with Crippen molar-refractivity contribution in [1.82, 2.24) is 0 Å². The molecule has 1 aromatic carbocycles. The lowest BCUT2D eigenvalue weighted by molar-refractivity contribution is 0.587. The van der Waals surface area contributed by atoms with E-state index >= 15 is 0 Å². The van der Waals surface area contributed by atoms with Gasteiger partial charge in [-0.1, -0.05) is 71.4 Å². The summed E-state index contributed by atoms with van der Waals surface area (Å²) in [7, 11) is 0. The fraction of sp³-hybridized carbons (Fsp3) is 0.364. The standard InChI is InChI=1S/C22H28/c1-5-7-11-20-14-17(3)18(4)15-22(20)16-21-13-9-8-12-19(21)10-6-2/h5-10,12-13,15,20H,11,14,16H2,1-4H3/b7-5?,10-6-. The first kappa shape index (κ1) is 16.5. The Morgan fingerprint density at radius 2 is 1.86 bits per heavy atom. The third-order valence-electron chi connectivity index (χ3n) is 4.60. The molecule has 0 radical (unpaired) electrons. The van der Waals surface area contributed by atoms with E-state index in [1.165, 1.54) is 23.1 Å². The molecule has 0 heteroatoms.